The molecule has 2 aromatic carbocycles. The topological polar surface area (TPSA) is 47.1 Å². The first-order chi connectivity index (χ1) is 11.6. The van der Waals surface area contributed by atoms with Crippen molar-refractivity contribution >= 4 is 22.9 Å². The van der Waals surface area contributed by atoms with E-state index in [2.05, 4.69) is 38.7 Å². The third kappa shape index (κ3) is 3.31. The van der Waals surface area contributed by atoms with Gasteiger partial charge in [0.2, 0.25) is 0 Å². The molecule has 24 heavy (non-hydrogen) atoms. The van der Waals surface area contributed by atoms with Gasteiger partial charge in [0.15, 0.2) is 0 Å². The maximum Gasteiger partial charge on any atom is 0.140 e. The van der Waals surface area contributed by atoms with Crippen LogP contribution in [0, 0.1) is 0 Å². The minimum absolute atomic E-state index is 0.419. The second kappa shape index (κ2) is 6.84. The molecule has 0 spiro atoms. The molecule has 0 amide bonds. The minimum atomic E-state index is 0.419. The van der Waals surface area contributed by atoms with Crippen LogP contribution >= 0.6 is 12.2 Å². The third-order valence-corrected chi connectivity index (χ3v) is 4.20. The van der Waals surface area contributed by atoms with Gasteiger partial charge in [-0.05, 0) is 29.8 Å². The Kier molecular flexibility index (Phi) is 4.62. The smallest absolute Gasteiger partial charge is 0.140 e. The van der Waals surface area contributed by atoms with E-state index < -0.39 is 0 Å². The zero-order chi connectivity index (χ0) is 17.1. The van der Waals surface area contributed by atoms with Gasteiger partial charge < -0.3 is 15.2 Å². The number of hydrogen-bond donors (Lipinski definition) is 1. The van der Waals surface area contributed by atoms with Gasteiger partial charge in [0.1, 0.15) is 10.8 Å². The van der Waals surface area contributed by atoms with Crippen LogP contribution in [0.2, 0.25) is 0 Å². The standard InChI is InChI=1S/C19H20N4S/c1-22(2)16-9-7-14(8-10-16)19-21-11-12-23(19)13-15-5-3-4-6-17(15)18(20)24/h3-12H,13H2,1-2H3,(H2,20,24). The summed E-state index contributed by atoms with van der Waals surface area (Å²) >= 11 is 5.16. The van der Waals surface area contributed by atoms with E-state index in [0.29, 0.717) is 11.5 Å². The summed E-state index contributed by atoms with van der Waals surface area (Å²) in [5.41, 5.74) is 10.1. The summed E-state index contributed by atoms with van der Waals surface area (Å²) in [5.74, 6) is 0.929. The van der Waals surface area contributed by atoms with Crippen molar-refractivity contribution in [2.24, 2.45) is 5.73 Å². The van der Waals surface area contributed by atoms with Crippen LogP contribution in [-0.2, 0) is 6.54 Å². The normalized spacial score (nSPS) is 10.6. The van der Waals surface area contributed by atoms with Crippen molar-refractivity contribution in [1.82, 2.24) is 9.55 Å². The van der Waals surface area contributed by atoms with Gasteiger partial charge in [-0.3, -0.25) is 0 Å². The lowest BCUT2D eigenvalue weighted by Gasteiger charge is -2.14. The number of aromatic nitrogens is 2. The Balaban J connectivity index is 1.93. The molecule has 0 saturated carbocycles. The van der Waals surface area contributed by atoms with E-state index in [9.17, 15) is 0 Å². The fourth-order valence-electron chi connectivity index (χ4n) is 2.69. The molecule has 0 radical (unpaired) electrons. The van der Waals surface area contributed by atoms with E-state index in [1.54, 1.807) is 0 Å². The molecule has 2 N–H and O–H groups in total. The zero-order valence-corrected chi connectivity index (χ0v) is 14.6. The van der Waals surface area contributed by atoms with Crippen LogP contribution < -0.4 is 10.6 Å². The minimum Gasteiger partial charge on any atom is -0.389 e. The Morgan fingerprint density at radius 3 is 2.50 bits per heavy atom. The number of nitrogens with two attached hydrogens (primary N) is 1. The van der Waals surface area contributed by atoms with Crippen LogP contribution in [0.25, 0.3) is 11.4 Å². The number of hydrogen-bond acceptors (Lipinski definition) is 3. The quantitative estimate of drug-likeness (QED) is 0.726. The highest BCUT2D eigenvalue weighted by Crippen LogP contribution is 2.22. The summed E-state index contributed by atoms with van der Waals surface area (Å²) in [4.78, 5) is 7.01. The molecule has 5 heteroatoms. The van der Waals surface area contributed by atoms with Crippen molar-refractivity contribution in [3.63, 3.8) is 0 Å². The number of benzene rings is 2. The van der Waals surface area contributed by atoms with Crippen molar-refractivity contribution in [3.05, 3.63) is 72.1 Å². The Bertz CT molecular complexity index is 850. The fourth-order valence-corrected chi connectivity index (χ4v) is 2.89. The molecule has 0 atom stereocenters. The summed E-state index contributed by atoms with van der Waals surface area (Å²) in [7, 11) is 4.06. The molecule has 1 heterocycles. The predicted molar refractivity (Wildman–Crippen MR) is 103 cm³/mol. The zero-order valence-electron chi connectivity index (χ0n) is 13.8. The third-order valence-electron chi connectivity index (χ3n) is 3.98. The van der Waals surface area contributed by atoms with Crippen molar-refractivity contribution in [2.45, 2.75) is 6.54 Å². The average molecular weight is 336 g/mol. The van der Waals surface area contributed by atoms with E-state index in [0.717, 1.165) is 28.2 Å². The first-order valence-electron chi connectivity index (χ1n) is 7.73. The van der Waals surface area contributed by atoms with E-state index >= 15 is 0 Å². The Morgan fingerprint density at radius 2 is 1.83 bits per heavy atom. The first kappa shape index (κ1) is 16.2. The van der Waals surface area contributed by atoms with Gasteiger partial charge in [0.25, 0.3) is 0 Å². The Labute approximate surface area is 147 Å². The van der Waals surface area contributed by atoms with Crippen molar-refractivity contribution in [1.29, 1.82) is 0 Å². The lowest BCUT2D eigenvalue weighted by Crippen LogP contribution is -2.14. The van der Waals surface area contributed by atoms with Gasteiger partial charge in [-0.2, -0.15) is 0 Å². The molecular weight excluding hydrogens is 316 g/mol. The van der Waals surface area contributed by atoms with Crippen LogP contribution in [0.3, 0.4) is 0 Å². The first-order valence-corrected chi connectivity index (χ1v) is 8.13. The molecular formula is C19H20N4S. The van der Waals surface area contributed by atoms with Crippen LogP contribution in [0.4, 0.5) is 5.69 Å². The average Bonchev–Trinajstić information content (AvgIpc) is 3.03. The molecule has 122 valence electrons. The summed E-state index contributed by atoms with van der Waals surface area (Å²) in [5, 5.41) is 0. The number of anilines is 1. The number of nitrogens with zero attached hydrogens (tertiary/aromatic N) is 3. The number of rotatable bonds is 5. The highest BCUT2D eigenvalue weighted by molar-refractivity contribution is 7.80. The predicted octanol–water partition coefficient (Wildman–Crippen LogP) is 3.30. The summed E-state index contributed by atoms with van der Waals surface area (Å²) < 4.78 is 2.11. The molecule has 3 aromatic rings. The fraction of sp³-hybridized carbons (Fsp3) is 0.158. The highest BCUT2D eigenvalue weighted by atomic mass is 32.1. The van der Waals surface area contributed by atoms with Crippen LogP contribution in [0.15, 0.2) is 60.9 Å². The van der Waals surface area contributed by atoms with Gasteiger partial charge in [-0.1, -0.05) is 36.5 Å². The second-order valence-corrected chi connectivity index (χ2v) is 6.28. The Hall–Kier alpha value is -2.66. The van der Waals surface area contributed by atoms with Crippen molar-refractivity contribution in [2.75, 3.05) is 19.0 Å². The molecule has 0 aliphatic heterocycles. The van der Waals surface area contributed by atoms with Crippen molar-refractivity contribution < 1.29 is 0 Å². The second-order valence-electron chi connectivity index (χ2n) is 5.84. The molecule has 0 fully saturated rings. The molecule has 4 nitrogen and oxygen atoms in total. The molecule has 0 aliphatic carbocycles. The SMILES string of the molecule is CN(C)c1ccc(-c2nccn2Cc2ccccc2C(N)=S)cc1. The maximum atomic E-state index is 5.84. The van der Waals surface area contributed by atoms with Gasteiger partial charge in [0, 0.05) is 49.8 Å². The van der Waals surface area contributed by atoms with Gasteiger partial charge in [-0.25, -0.2) is 4.98 Å². The van der Waals surface area contributed by atoms with E-state index in [4.69, 9.17) is 18.0 Å². The Morgan fingerprint density at radius 1 is 1.12 bits per heavy atom. The molecule has 1 aromatic heterocycles. The van der Waals surface area contributed by atoms with Crippen LogP contribution in [-0.4, -0.2) is 28.6 Å². The molecule has 0 unspecified atom stereocenters. The molecule has 0 bridgehead atoms. The van der Waals surface area contributed by atoms with Gasteiger partial charge in [-0.15, -0.1) is 0 Å². The maximum absolute atomic E-state index is 5.84. The molecule has 3 rings (SSSR count). The highest BCUT2D eigenvalue weighted by Gasteiger charge is 2.10. The monoisotopic (exact) mass is 336 g/mol. The van der Waals surface area contributed by atoms with E-state index in [-0.39, 0.29) is 0 Å². The van der Waals surface area contributed by atoms with Crippen LogP contribution in [0.5, 0.6) is 0 Å². The van der Waals surface area contributed by atoms with Crippen LogP contribution in [0.1, 0.15) is 11.1 Å². The van der Waals surface area contributed by atoms with Gasteiger partial charge in [0.05, 0.1) is 0 Å². The molecule has 0 saturated heterocycles. The van der Waals surface area contributed by atoms with E-state index in [1.165, 1.54) is 0 Å². The molecule has 0 aliphatic rings. The van der Waals surface area contributed by atoms with Gasteiger partial charge >= 0.3 is 0 Å². The van der Waals surface area contributed by atoms with E-state index in [1.807, 2.05) is 50.8 Å². The lowest BCUT2D eigenvalue weighted by atomic mass is 10.1. The number of thiocarbonyl (C=S) groups is 1. The summed E-state index contributed by atoms with van der Waals surface area (Å²) in [6.45, 7) is 0.679. The summed E-state index contributed by atoms with van der Waals surface area (Å²) in [6.07, 6.45) is 3.80. The summed E-state index contributed by atoms with van der Waals surface area (Å²) in [6, 6.07) is 16.3. The lowest BCUT2D eigenvalue weighted by molar-refractivity contribution is 0.806. The largest absolute Gasteiger partial charge is 0.389 e. The van der Waals surface area contributed by atoms with Crippen molar-refractivity contribution in [3.8, 4) is 11.4 Å². The number of imidazole rings is 1.